The normalized spacial score (nSPS) is 11.1. The highest BCUT2D eigenvalue weighted by atomic mass is 16.6. The number of hydrogen-bond acceptors (Lipinski definition) is 5. The number of ether oxygens (including phenoxy) is 1. The van der Waals surface area contributed by atoms with Crippen LogP contribution in [0.5, 0.6) is 0 Å². The first-order chi connectivity index (χ1) is 8.28. The van der Waals surface area contributed by atoms with E-state index in [0.717, 1.165) is 0 Å². The van der Waals surface area contributed by atoms with Gasteiger partial charge in [0.2, 0.25) is 11.6 Å². The summed E-state index contributed by atoms with van der Waals surface area (Å²) in [6.07, 6.45) is 1.06. The predicted molar refractivity (Wildman–Crippen MR) is 64.2 cm³/mol. The van der Waals surface area contributed by atoms with Gasteiger partial charge in [-0.2, -0.15) is 0 Å². The van der Waals surface area contributed by atoms with Crippen molar-refractivity contribution >= 4 is 11.9 Å². The number of nitrogens with one attached hydrogen (secondary N) is 1. The van der Waals surface area contributed by atoms with Gasteiger partial charge in [-0.3, -0.25) is 9.48 Å². The lowest BCUT2D eigenvalue weighted by atomic mass is 10.2. The van der Waals surface area contributed by atoms with Crippen molar-refractivity contribution in [2.24, 2.45) is 7.05 Å². The number of hydrogen-bond donors (Lipinski definition) is 1. The van der Waals surface area contributed by atoms with E-state index in [1.807, 2.05) is 0 Å². The summed E-state index contributed by atoms with van der Waals surface area (Å²) in [7, 11) is 1.68. The molecular formula is C11H18N4O3. The summed E-state index contributed by atoms with van der Waals surface area (Å²) in [5.74, 6) is -0.0600. The van der Waals surface area contributed by atoms with Crippen LogP contribution in [-0.2, 0) is 11.8 Å². The third-order valence-corrected chi connectivity index (χ3v) is 1.87. The Balaban J connectivity index is 2.30. The SMILES string of the molecule is Cn1cnc(C(=O)CCNC(=O)OC(C)(C)C)n1. The van der Waals surface area contributed by atoms with Crippen LogP contribution in [0.4, 0.5) is 4.79 Å². The Morgan fingerprint density at radius 2 is 2.11 bits per heavy atom. The summed E-state index contributed by atoms with van der Waals surface area (Å²) < 4.78 is 6.49. The van der Waals surface area contributed by atoms with Crippen LogP contribution in [0.1, 0.15) is 37.8 Å². The van der Waals surface area contributed by atoms with Crippen molar-refractivity contribution in [3.05, 3.63) is 12.2 Å². The average Bonchev–Trinajstić information content (AvgIpc) is 2.62. The molecule has 0 atom stereocenters. The molecule has 0 radical (unpaired) electrons. The number of alkyl carbamates (subject to hydrolysis) is 1. The Morgan fingerprint density at radius 1 is 1.44 bits per heavy atom. The van der Waals surface area contributed by atoms with E-state index >= 15 is 0 Å². The maximum atomic E-state index is 11.6. The van der Waals surface area contributed by atoms with Crippen LogP contribution in [-0.4, -0.2) is 38.8 Å². The molecule has 0 saturated carbocycles. The van der Waals surface area contributed by atoms with Gasteiger partial charge in [0.1, 0.15) is 11.9 Å². The zero-order valence-corrected chi connectivity index (χ0v) is 11.1. The predicted octanol–water partition coefficient (Wildman–Crippen LogP) is 0.913. The standard InChI is InChI=1S/C11H18N4O3/c1-11(2,3)18-10(17)12-6-5-8(16)9-13-7-15(4)14-9/h7H,5-6H2,1-4H3,(H,12,17). The topological polar surface area (TPSA) is 86.1 Å². The molecule has 7 heteroatoms. The molecule has 1 amide bonds. The first-order valence-electron chi connectivity index (χ1n) is 5.63. The van der Waals surface area contributed by atoms with E-state index in [1.165, 1.54) is 11.0 Å². The van der Waals surface area contributed by atoms with Crippen LogP contribution in [0.15, 0.2) is 6.33 Å². The van der Waals surface area contributed by atoms with E-state index < -0.39 is 11.7 Å². The van der Waals surface area contributed by atoms with Gasteiger partial charge in [-0.25, -0.2) is 9.78 Å². The number of ketones is 1. The fraction of sp³-hybridized carbons (Fsp3) is 0.636. The van der Waals surface area contributed by atoms with Crippen molar-refractivity contribution in [2.75, 3.05) is 6.54 Å². The summed E-state index contributed by atoms with van der Waals surface area (Å²) in [4.78, 5) is 26.7. The average molecular weight is 254 g/mol. The molecule has 0 bridgehead atoms. The fourth-order valence-electron chi connectivity index (χ4n) is 1.17. The Morgan fingerprint density at radius 3 is 2.61 bits per heavy atom. The van der Waals surface area contributed by atoms with Gasteiger partial charge in [-0.1, -0.05) is 0 Å². The molecule has 0 aliphatic carbocycles. The smallest absolute Gasteiger partial charge is 0.407 e. The molecule has 1 rings (SSSR count). The van der Waals surface area contributed by atoms with E-state index in [0.29, 0.717) is 0 Å². The van der Waals surface area contributed by atoms with Crippen LogP contribution in [0.25, 0.3) is 0 Å². The number of rotatable bonds is 4. The molecule has 7 nitrogen and oxygen atoms in total. The van der Waals surface area contributed by atoms with E-state index in [1.54, 1.807) is 27.8 Å². The Labute approximate surface area is 106 Å². The van der Waals surface area contributed by atoms with Crippen molar-refractivity contribution in [1.29, 1.82) is 0 Å². The molecule has 1 N–H and O–H groups in total. The monoisotopic (exact) mass is 254 g/mol. The number of aromatic nitrogens is 3. The molecule has 0 spiro atoms. The Bertz CT molecular complexity index is 434. The lowest BCUT2D eigenvalue weighted by molar-refractivity contribution is 0.0527. The molecule has 0 saturated heterocycles. The van der Waals surface area contributed by atoms with Gasteiger partial charge in [-0.05, 0) is 20.8 Å². The zero-order valence-electron chi connectivity index (χ0n) is 11.1. The third-order valence-electron chi connectivity index (χ3n) is 1.87. The van der Waals surface area contributed by atoms with Crippen LogP contribution in [0, 0.1) is 0 Å². The van der Waals surface area contributed by atoms with Crippen molar-refractivity contribution in [3.63, 3.8) is 0 Å². The quantitative estimate of drug-likeness (QED) is 0.807. The number of Topliss-reactive ketones (excluding diaryl/α,β-unsaturated/α-hetero) is 1. The fourth-order valence-corrected chi connectivity index (χ4v) is 1.17. The van der Waals surface area contributed by atoms with Crippen LogP contribution >= 0.6 is 0 Å². The molecule has 18 heavy (non-hydrogen) atoms. The van der Waals surface area contributed by atoms with Crippen LogP contribution in [0.2, 0.25) is 0 Å². The highest BCUT2D eigenvalue weighted by Crippen LogP contribution is 2.06. The van der Waals surface area contributed by atoms with Crippen molar-refractivity contribution in [2.45, 2.75) is 32.8 Å². The zero-order chi connectivity index (χ0) is 13.8. The number of carbonyl (C=O) groups is 2. The lowest BCUT2D eigenvalue weighted by Crippen LogP contribution is -2.33. The number of amides is 1. The second-order valence-corrected chi connectivity index (χ2v) is 4.84. The van der Waals surface area contributed by atoms with Gasteiger partial charge in [0, 0.05) is 20.0 Å². The summed E-state index contributed by atoms with van der Waals surface area (Å²) in [6, 6.07) is 0. The van der Waals surface area contributed by atoms with Crippen molar-refractivity contribution < 1.29 is 14.3 Å². The summed E-state index contributed by atoms with van der Waals surface area (Å²) in [5, 5.41) is 6.38. The van der Waals surface area contributed by atoms with Gasteiger partial charge in [0.05, 0.1) is 0 Å². The molecule has 0 aromatic carbocycles. The Kier molecular flexibility index (Phi) is 4.41. The lowest BCUT2D eigenvalue weighted by Gasteiger charge is -2.19. The number of carbonyl (C=O) groups excluding carboxylic acids is 2. The molecular weight excluding hydrogens is 236 g/mol. The molecule has 1 heterocycles. The minimum absolute atomic E-state index is 0.142. The van der Waals surface area contributed by atoms with E-state index in [-0.39, 0.29) is 24.6 Å². The molecule has 100 valence electrons. The molecule has 0 unspecified atom stereocenters. The summed E-state index contributed by atoms with van der Waals surface area (Å²) >= 11 is 0. The first-order valence-corrected chi connectivity index (χ1v) is 5.63. The second-order valence-electron chi connectivity index (χ2n) is 4.84. The molecule has 0 aliphatic heterocycles. The first kappa shape index (κ1) is 14.1. The van der Waals surface area contributed by atoms with E-state index in [9.17, 15) is 9.59 Å². The highest BCUT2D eigenvalue weighted by Gasteiger charge is 2.16. The highest BCUT2D eigenvalue weighted by molar-refractivity contribution is 5.92. The maximum absolute atomic E-state index is 11.6. The largest absolute Gasteiger partial charge is 0.444 e. The Hall–Kier alpha value is -1.92. The van der Waals surface area contributed by atoms with Crippen molar-refractivity contribution in [1.82, 2.24) is 20.1 Å². The molecule has 1 aromatic heterocycles. The van der Waals surface area contributed by atoms with Crippen LogP contribution < -0.4 is 5.32 Å². The van der Waals surface area contributed by atoms with Gasteiger partial charge in [0.25, 0.3) is 0 Å². The summed E-state index contributed by atoms with van der Waals surface area (Å²) in [6.45, 7) is 5.52. The number of aryl methyl sites for hydroxylation is 1. The van der Waals surface area contributed by atoms with Crippen LogP contribution in [0.3, 0.4) is 0 Å². The van der Waals surface area contributed by atoms with Gasteiger partial charge in [-0.15, -0.1) is 5.10 Å². The minimum Gasteiger partial charge on any atom is -0.444 e. The molecule has 1 aromatic rings. The molecule has 0 aliphatic rings. The summed E-state index contributed by atoms with van der Waals surface area (Å²) in [5.41, 5.74) is -0.545. The van der Waals surface area contributed by atoms with Gasteiger partial charge < -0.3 is 10.1 Å². The van der Waals surface area contributed by atoms with E-state index in [2.05, 4.69) is 15.4 Å². The second kappa shape index (κ2) is 5.61. The maximum Gasteiger partial charge on any atom is 0.407 e. The van der Waals surface area contributed by atoms with Crippen molar-refractivity contribution in [3.8, 4) is 0 Å². The molecule has 0 fully saturated rings. The van der Waals surface area contributed by atoms with Gasteiger partial charge in [0.15, 0.2) is 0 Å². The minimum atomic E-state index is -0.545. The van der Waals surface area contributed by atoms with Gasteiger partial charge >= 0.3 is 6.09 Å². The van der Waals surface area contributed by atoms with E-state index in [4.69, 9.17) is 4.74 Å². The third kappa shape index (κ3) is 4.94. The number of nitrogens with zero attached hydrogens (tertiary/aromatic N) is 3.